The predicted octanol–water partition coefficient (Wildman–Crippen LogP) is 1.51. The topological polar surface area (TPSA) is 83.6 Å². The van der Waals surface area contributed by atoms with E-state index in [-0.39, 0.29) is 12.5 Å². The number of rotatable bonds is 2. The first-order chi connectivity index (χ1) is 8.99. The molecule has 1 aromatic rings. The highest BCUT2D eigenvalue weighted by molar-refractivity contribution is 5.95. The van der Waals surface area contributed by atoms with Crippen molar-refractivity contribution in [2.45, 2.75) is 19.8 Å². The number of carbonyl (C=O) groups is 2. The Morgan fingerprint density at radius 2 is 2.16 bits per heavy atom. The summed E-state index contributed by atoms with van der Waals surface area (Å²) >= 11 is 0. The smallest absolute Gasteiger partial charge is 0.308 e. The molecule has 1 amide bonds. The summed E-state index contributed by atoms with van der Waals surface area (Å²) in [5, 5.41) is 9.03. The number of hydrogen-bond acceptors (Lipinski definition) is 3. The van der Waals surface area contributed by atoms with E-state index in [4.69, 9.17) is 10.8 Å². The van der Waals surface area contributed by atoms with Crippen molar-refractivity contribution in [3.63, 3.8) is 0 Å². The molecular weight excluding hydrogens is 244 g/mol. The molecule has 1 atom stereocenters. The zero-order chi connectivity index (χ0) is 14.0. The van der Waals surface area contributed by atoms with Gasteiger partial charge in [-0.25, -0.2) is 0 Å². The predicted molar refractivity (Wildman–Crippen MR) is 71.9 cm³/mol. The Kier molecular flexibility index (Phi) is 3.74. The lowest BCUT2D eigenvalue weighted by Gasteiger charge is -2.30. The lowest BCUT2D eigenvalue weighted by atomic mass is 9.97. The van der Waals surface area contributed by atoms with Gasteiger partial charge in [0.15, 0.2) is 0 Å². The summed E-state index contributed by atoms with van der Waals surface area (Å²) in [5.41, 5.74) is 7.80. The Labute approximate surface area is 112 Å². The Bertz CT molecular complexity index is 513. The van der Waals surface area contributed by atoms with Gasteiger partial charge in [0, 0.05) is 24.3 Å². The molecule has 102 valence electrons. The third-order valence-electron chi connectivity index (χ3n) is 3.57. The van der Waals surface area contributed by atoms with E-state index in [1.807, 2.05) is 6.92 Å². The quantitative estimate of drug-likeness (QED) is 0.791. The van der Waals surface area contributed by atoms with Gasteiger partial charge in [0.25, 0.3) is 5.91 Å². The number of carbonyl (C=O) groups excluding carboxylic acids is 1. The number of carboxylic acid groups (broad SMARTS) is 1. The third kappa shape index (κ3) is 2.86. The highest BCUT2D eigenvalue weighted by Gasteiger charge is 2.28. The number of hydrogen-bond donors (Lipinski definition) is 2. The van der Waals surface area contributed by atoms with Crippen molar-refractivity contribution in [3.05, 3.63) is 29.3 Å². The second-order valence-corrected chi connectivity index (χ2v) is 5.00. The molecule has 2 rings (SSSR count). The Hall–Kier alpha value is -2.04. The van der Waals surface area contributed by atoms with Gasteiger partial charge in [0.1, 0.15) is 0 Å². The van der Waals surface area contributed by atoms with Gasteiger partial charge in [-0.1, -0.05) is 0 Å². The minimum absolute atomic E-state index is 0.117. The minimum atomic E-state index is -0.828. The number of nitrogens with zero attached hydrogens (tertiary/aromatic N) is 1. The molecule has 5 nitrogen and oxygen atoms in total. The first-order valence-electron chi connectivity index (χ1n) is 6.37. The molecule has 1 aromatic carbocycles. The van der Waals surface area contributed by atoms with Gasteiger partial charge in [-0.2, -0.15) is 0 Å². The molecule has 3 N–H and O–H groups in total. The number of aryl methyl sites for hydroxylation is 1. The van der Waals surface area contributed by atoms with E-state index in [1.54, 1.807) is 23.1 Å². The van der Waals surface area contributed by atoms with Crippen LogP contribution in [0.3, 0.4) is 0 Å². The highest BCUT2D eigenvalue weighted by atomic mass is 16.4. The van der Waals surface area contributed by atoms with Gasteiger partial charge >= 0.3 is 5.97 Å². The molecule has 1 fully saturated rings. The zero-order valence-corrected chi connectivity index (χ0v) is 10.9. The summed E-state index contributed by atoms with van der Waals surface area (Å²) < 4.78 is 0. The molecule has 0 aliphatic carbocycles. The van der Waals surface area contributed by atoms with Crippen LogP contribution in [-0.2, 0) is 4.79 Å². The number of nitrogen functional groups attached to an aromatic ring is 1. The van der Waals surface area contributed by atoms with Crippen molar-refractivity contribution in [2.75, 3.05) is 18.8 Å². The number of carboxylic acids is 1. The monoisotopic (exact) mass is 262 g/mol. The number of nitrogens with two attached hydrogens (primary N) is 1. The number of likely N-dealkylation sites (tertiary alicyclic amines) is 1. The first-order valence-corrected chi connectivity index (χ1v) is 6.37. The van der Waals surface area contributed by atoms with E-state index in [0.29, 0.717) is 24.2 Å². The fourth-order valence-corrected chi connectivity index (χ4v) is 2.35. The molecule has 5 heteroatoms. The largest absolute Gasteiger partial charge is 0.481 e. The molecule has 1 aliphatic heterocycles. The van der Waals surface area contributed by atoms with Gasteiger partial charge in [-0.05, 0) is 43.5 Å². The lowest BCUT2D eigenvalue weighted by molar-refractivity contribution is -0.143. The van der Waals surface area contributed by atoms with E-state index in [1.165, 1.54) is 0 Å². The Balaban J connectivity index is 2.14. The summed E-state index contributed by atoms with van der Waals surface area (Å²) in [5.74, 6) is -1.40. The summed E-state index contributed by atoms with van der Waals surface area (Å²) in [6.07, 6.45) is 1.37. The van der Waals surface area contributed by atoms with Crippen molar-refractivity contribution < 1.29 is 14.7 Å². The average Bonchev–Trinajstić information content (AvgIpc) is 2.41. The van der Waals surface area contributed by atoms with Crippen LogP contribution in [0.2, 0.25) is 0 Å². The number of benzene rings is 1. The molecular formula is C14H18N2O3. The van der Waals surface area contributed by atoms with Gasteiger partial charge in [-0.15, -0.1) is 0 Å². The zero-order valence-electron chi connectivity index (χ0n) is 10.9. The van der Waals surface area contributed by atoms with Crippen molar-refractivity contribution in [1.29, 1.82) is 0 Å². The third-order valence-corrected chi connectivity index (χ3v) is 3.57. The number of piperidine rings is 1. The summed E-state index contributed by atoms with van der Waals surface area (Å²) in [4.78, 5) is 24.9. The van der Waals surface area contributed by atoms with Gasteiger partial charge in [0.2, 0.25) is 0 Å². The highest BCUT2D eigenvalue weighted by Crippen LogP contribution is 2.20. The molecule has 0 saturated carbocycles. The molecule has 1 aliphatic rings. The van der Waals surface area contributed by atoms with Crippen LogP contribution < -0.4 is 5.73 Å². The van der Waals surface area contributed by atoms with Crippen LogP contribution in [0.15, 0.2) is 18.2 Å². The van der Waals surface area contributed by atoms with Gasteiger partial charge < -0.3 is 15.7 Å². The van der Waals surface area contributed by atoms with E-state index in [2.05, 4.69) is 0 Å². The minimum Gasteiger partial charge on any atom is -0.481 e. The molecule has 0 aromatic heterocycles. The van der Waals surface area contributed by atoms with Crippen molar-refractivity contribution in [2.24, 2.45) is 5.92 Å². The van der Waals surface area contributed by atoms with Crippen LogP contribution in [0.5, 0.6) is 0 Å². The standard InChI is InChI=1S/C14H18N2O3/c1-9-7-10(4-5-12(9)15)13(17)16-6-2-3-11(8-16)14(18)19/h4-5,7,11H,2-3,6,8,15H2,1H3,(H,18,19)/t11-/m0/s1. The van der Waals surface area contributed by atoms with E-state index in [9.17, 15) is 9.59 Å². The number of aliphatic carboxylic acids is 1. The summed E-state index contributed by atoms with van der Waals surface area (Å²) in [7, 11) is 0. The second-order valence-electron chi connectivity index (χ2n) is 5.00. The fourth-order valence-electron chi connectivity index (χ4n) is 2.35. The van der Waals surface area contributed by atoms with Crippen LogP contribution in [0.1, 0.15) is 28.8 Å². The van der Waals surface area contributed by atoms with Crippen LogP contribution >= 0.6 is 0 Å². The van der Waals surface area contributed by atoms with Crippen LogP contribution in [0.4, 0.5) is 5.69 Å². The normalized spacial score (nSPS) is 19.2. The Morgan fingerprint density at radius 3 is 2.79 bits per heavy atom. The van der Waals surface area contributed by atoms with E-state index in [0.717, 1.165) is 12.0 Å². The van der Waals surface area contributed by atoms with Gasteiger partial charge in [0.05, 0.1) is 5.92 Å². The van der Waals surface area contributed by atoms with Crippen LogP contribution in [0.25, 0.3) is 0 Å². The fraction of sp³-hybridized carbons (Fsp3) is 0.429. The van der Waals surface area contributed by atoms with E-state index >= 15 is 0 Å². The molecule has 0 bridgehead atoms. The summed E-state index contributed by atoms with van der Waals surface area (Å²) in [6.45, 7) is 2.76. The molecule has 0 spiro atoms. The summed E-state index contributed by atoms with van der Waals surface area (Å²) in [6, 6.07) is 5.15. The maximum atomic E-state index is 12.3. The van der Waals surface area contributed by atoms with E-state index < -0.39 is 11.9 Å². The maximum absolute atomic E-state index is 12.3. The SMILES string of the molecule is Cc1cc(C(=O)N2CCC[C@H](C(=O)O)C2)ccc1N. The van der Waals surface area contributed by atoms with Crippen molar-refractivity contribution in [1.82, 2.24) is 4.90 Å². The number of amides is 1. The Morgan fingerprint density at radius 1 is 1.42 bits per heavy atom. The van der Waals surface area contributed by atoms with Crippen molar-refractivity contribution >= 4 is 17.6 Å². The molecule has 19 heavy (non-hydrogen) atoms. The van der Waals surface area contributed by atoms with Crippen LogP contribution in [-0.4, -0.2) is 35.0 Å². The molecule has 1 heterocycles. The molecule has 0 unspecified atom stereocenters. The van der Waals surface area contributed by atoms with Gasteiger partial charge in [-0.3, -0.25) is 9.59 Å². The van der Waals surface area contributed by atoms with Crippen LogP contribution in [0, 0.1) is 12.8 Å². The average molecular weight is 262 g/mol. The molecule has 0 radical (unpaired) electrons. The number of anilines is 1. The van der Waals surface area contributed by atoms with Crippen molar-refractivity contribution in [3.8, 4) is 0 Å². The second kappa shape index (κ2) is 5.30. The molecule has 1 saturated heterocycles. The lowest BCUT2D eigenvalue weighted by Crippen LogP contribution is -2.42. The maximum Gasteiger partial charge on any atom is 0.308 e. The first kappa shape index (κ1) is 13.4.